The number of para-hydroxylation sites is 1. The third kappa shape index (κ3) is 3.62. The minimum atomic E-state index is 0.478. The van der Waals surface area contributed by atoms with Crippen LogP contribution in [0.5, 0.6) is 5.75 Å². The highest BCUT2D eigenvalue weighted by molar-refractivity contribution is 7.07. The SMILES string of the molecule is CCOc1ccc(N=c2scc(-c3cc4ccccc4o3)n2C2CCCC2)cc1. The van der Waals surface area contributed by atoms with E-state index < -0.39 is 0 Å². The van der Waals surface area contributed by atoms with Crippen LogP contribution in [-0.2, 0) is 0 Å². The Hall–Kier alpha value is -2.79. The first-order valence-corrected chi connectivity index (χ1v) is 11.2. The van der Waals surface area contributed by atoms with Gasteiger partial charge in [-0.05, 0) is 56.2 Å². The maximum atomic E-state index is 6.19. The van der Waals surface area contributed by atoms with E-state index in [4.69, 9.17) is 14.1 Å². The lowest BCUT2D eigenvalue weighted by atomic mass is 10.2. The lowest BCUT2D eigenvalue weighted by Crippen LogP contribution is -2.19. The van der Waals surface area contributed by atoms with Gasteiger partial charge in [0.05, 0.1) is 18.0 Å². The van der Waals surface area contributed by atoms with Crippen molar-refractivity contribution in [2.75, 3.05) is 6.61 Å². The van der Waals surface area contributed by atoms with Gasteiger partial charge in [-0.3, -0.25) is 0 Å². The number of hydrogen-bond donors (Lipinski definition) is 0. The van der Waals surface area contributed by atoms with E-state index in [1.165, 1.54) is 25.7 Å². The van der Waals surface area contributed by atoms with Gasteiger partial charge >= 0.3 is 0 Å². The molecule has 0 N–H and O–H groups in total. The molecule has 148 valence electrons. The van der Waals surface area contributed by atoms with Crippen molar-refractivity contribution < 1.29 is 9.15 Å². The van der Waals surface area contributed by atoms with E-state index in [-0.39, 0.29) is 0 Å². The molecule has 2 heterocycles. The van der Waals surface area contributed by atoms with Crippen molar-refractivity contribution in [1.29, 1.82) is 0 Å². The summed E-state index contributed by atoms with van der Waals surface area (Å²) < 4.78 is 14.1. The zero-order valence-electron chi connectivity index (χ0n) is 16.5. The van der Waals surface area contributed by atoms with Crippen molar-refractivity contribution in [3.63, 3.8) is 0 Å². The van der Waals surface area contributed by atoms with Crippen LogP contribution in [0.4, 0.5) is 5.69 Å². The Kier molecular flexibility index (Phi) is 4.98. The lowest BCUT2D eigenvalue weighted by molar-refractivity contribution is 0.340. The summed E-state index contributed by atoms with van der Waals surface area (Å²) in [6.45, 7) is 2.66. The van der Waals surface area contributed by atoms with Crippen molar-refractivity contribution in [2.45, 2.75) is 38.6 Å². The smallest absolute Gasteiger partial charge is 0.190 e. The predicted octanol–water partition coefficient (Wildman–Crippen LogP) is 6.71. The van der Waals surface area contributed by atoms with E-state index in [0.29, 0.717) is 12.6 Å². The zero-order chi connectivity index (χ0) is 19.6. The molecule has 1 fully saturated rings. The van der Waals surface area contributed by atoms with Gasteiger partial charge in [0, 0.05) is 16.8 Å². The van der Waals surface area contributed by atoms with Crippen LogP contribution in [0, 0.1) is 0 Å². The van der Waals surface area contributed by atoms with Gasteiger partial charge in [0.2, 0.25) is 0 Å². The van der Waals surface area contributed by atoms with Crippen molar-refractivity contribution >= 4 is 28.0 Å². The average Bonchev–Trinajstić information content (AvgIpc) is 3.48. The van der Waals surface area contributed by atoms with Crippen LogP contribution in [0.2, 0.25) is 0 Å². The molecule has 0 unspecified atom stereocenters. The molecule has 4 nitrogen and oxygen atoms in total. The first-order valence-electron chi connectivity index (χ1n) is 10.3. The molecule has 4 aromatic rings. The molecule has 0 bridgehead atoms. The second kappa shape index (κ2) is 7.91. The summed E-state index contributed by atoms with van der Waals surface area (Å²) in [5.41, 5.74) is 3.00. The topological polar surface area (TPSA) is 39.7 Å². The van der Waals surface area contributed by atoms with Crippen LogP contribution in [-0.4, -0.2) is 11.2 Å². The molecule has 1 saturated carbocycles. The van der Waals surface area contributed by atoms with Crippen LogP contribution < -0.4 is 9.54 Å². The van der Waals surface area contributed by atoms with E-state index >= 15 is 0 Å². The van der Waals surface area contributed by atoms with Gasteiger partial charge in [-0.25, -0.2) is 4.99 Å². The second-order valence-corrected chi connectivity index (χ2v) is 8.24. The van der Waals surface area contributed by atoms with Gasteiger partial charge < -0.3 is 13.7 Å². The van der Waals surface area contributed by atoms with Gasteiger partial charge in [-0.2, -0.15) is 0 Å². The van der Waals surface area contributed by atoms with Gasteiger partial charge in [0.25, 0.3) is 0 Å². The highest BCUT2D eigenvalue weighted by Gasteiger charge is 2.23. The molecule has 0 atom stereocenters. The number of fused-ring (bicyclic) bond motifs is 1. The molecule has 0 amide bonds. The molecule has 2 aromatic heterocycles. The van der Waals surface area contributed by atoms with E-state index in [1.807, 2.05) is 49.4 Å². The Morgan fingerprint density at radius 3 is 2.66 bits per heavy atom. The number of hydrogen-bond acceptors (Lipinski definition) is 4. The summed E-state index contributed by atoms with van der Waals surface area (Å²) in [5.74, 6) is 1.80. The Bertz CT molecular complexity index is 1140. The number of furan rings is 1. The number of rotatable bonds is 5. The number of aromatic nitrogens is 1. The molecular weight excluding hydrogens is 380 g/mol. The summed E-state index contributed by atoms with van der Waals surface area (Å²) in [6, 6.07) is 18.8. The molecule has 1 aliphatic carbocycles. The molecule has 0 spiro atoms. The molecule has 5 heteroatoms. The van der Waals surface area contributed by atoms with Crippen molar-refractivity contribution in [1.82, 2.24) is 4.57 Å². The van der Waals surface area contributed by atoms with Gasteiger partial charge in [-0.15, -0.1) is 11.3 Å². The third-order valence-electron chi connectivity index (χ3n) is 5.48. The maximum Gasteiger partial charge on any atom is 0.190 e. The van der Waals surface area contributed by atoms with Gasteiger partial charge in [0.15, 0.2) is 10.6 Å². The minimum Gasteiger partial charge on any atom is -0.494 e. The van der Waals surface area contributed by atoms with Gasteiger partial charge in [0.1, 0.15) is 11.3 Å². The number of thiazole rings is 1. The van der Waals surface area contributed by atoms with Crippen LogP contribution in [0.15, 0.2) is 69.4 Å². The Morgan fingerprint density at radius 2 is 1.90 bits per heavy atom. The second-order valence-electron chi connectivity index (χ2n) is 7.40. The Labute approximate surface area is 174 Å². The summed E-state index contributed by atoms with van der Waals surface area (Å²) in [6.07, 6.45) is 4.94. The number of benzene rings is 2. The summed E-state index contributed by atoms with van der Waals surface area (Å²) >= 11 is 1.68. The predicted molar refractivity (Wildman–Crippen MR) is 118 cm³/mol. The van der Waals surface area contributed by atoms with Crippen LogP contribution >= 0.6 is 11.3 Å². The zero-order valence-corrected chi connectivity index (χ0v) is 17.3. The van der Waals surface area contributed by atoms with Gasteiger partial charge in [-0.1, -0.05) is 31.0 Å². The average molecular weight is 405 g/mol. The minimum absolute atomic E-state index is 0.478. The van der Waals surface area contributed by atoms with Crippen molar-refractivity contribution in [3.8, 4) is 17.2 Å². The molecular formula is C24H24N2O2S. The fourth-order valence-electron chi connectivity index (χ4n) is 4.10. The van der Waals surface area contributed by atoms with Crippen molar-refractivity contribution in [3.05, 3.63) is 64.8 Å². The first-order chi connectivity index (χ1) is 14.3. The number of nitrogens with zero attached hydrogens (tertiary/aromatic N) is 2. The van der Waals surface area contributed by atoms with Crippen LogP contribution in [0.1, 0.15) is 38.6 Å². The van der Waals surface area contributed by atoms with E-state index in [9.17, 15) is 0 Å². The molecule has 29 heavy (non-hydrogen) atoms. The maximum absolute atomic E-state index is 6.19. The van der Waals surface area contributed by atoms with E-state index in [1.54, 1.807) is 11.3 Å². The van der Waals surface area contributed by atoms with Crippen molar-refractivity contribution in [2.24, 2.45) is 4.99 Å². The van der Waals surface area contributed by atoms with E-state index in [0.717, 1.165) is 38.7 Å². The molecule has 0 saturated heterocycles. The molecule has 5 rings (SSSR count). The molecule has 0 radical (unpaired) electrons. The monoisotopic (exact) mass is 404 g/mol. The normalized spacial score (nSPS) is 15.4. The fourth-order valence-corrected chi connectivity index (χ4v) is 5.07. The van der Waals surface area contributed by atoms with Crippen LogP contribution in [0.3, 0.4) is 0 Å². The van der Waals surface area contributed by atoms with Crippen LogP contribution in [0.25, 0.3) is 22.4 Å². The molecule has 1 aliphatic rings. The lowest BCUT2D eigenvalue weighted by Gasteiger charge is -2.14. The first kappa shape index (κ1) is 18.3. The highest BCUT2D eigenvalue weighted by atomic mass is 32.1. The van der Waals surface area contributed by atoms with E-state index in [2.05, 4.69) is 22.1 Å². The largest absolute Gasteiger partial charge is 0.494 e. The summed E-state index contributed by atoms with van der Waals surface area (Å²) in [4.78, 5) is 6.00. The quantitative estimate of drug-likeness (QED) is 0.371. The standard InChI is InChI=1S/C24H24N2O2S/c1-2-27-20-13-11-18(12-14-20)25-24-26(19-8-4-5-9-19)21(16-29-24)23-15-17-7-3-6-10-22(17)28-23/h3,6-7,10-16,19H,2,4-5,8-9H2,1H3. The fraction of sp³-hybridized carbons (Fsp3) is 0.292. The molecule has 0 aliphatic heterocycles. The summed E-state index contributed by atoms with van der Waals surface area (Å²) in [5, 5.41) is 3.32. The summed E-state index contributed by atoms with van der Waals surface area (Å²) in [7, 11) is 0. The third-order valence-corrected chi connectivity index (χ3v) is 6.32. The Morgan fingerprint density at radius 1 is 1.10 bits per heavy atom. The highest BCUT2D eigenvalue weighted by Crippen LogP contribution is 2.35. The Balaban J connectivity index is 1.60. The molecule has 2 aromatic carbocycles. The number of ether oxygens (including phenoxy) is 1.